The van der Waals surface area contributed by atoms with E-state index in [1.54, 1.807) is 0 Å². The van der Waals surface area contributed by atoms with Crippen LogP contribution in [0.2, 0.25) is 0 Å². The maximum atomic E-state index is 13.4. The molecule has 3 amide bonds. The first kappa shape index (κ1) is 19.0. The molecule has 2 fully saturated rings. The van der Waals surface area contributed by atoms with Gasteiger partial charge in [-0.15, -0.1) is 0 Å². The highest BCUT2D eigenvalue weighted by atomic mass is 16.6. The van der Waals surface area contributed by atoms with Crippen molar-refractivity contribution < 1.29 is 24.2 Å². The minimum absolute atomic E-state index is 0.0650. The average Bonchev–Trinajstić information content (AvgIpc) is 3.33. The first-order valence-corrected chi connectivity index (χ1v) is 9.61. The predicted molar refractivity (Wildman–Crippen MR) is 104 cm³/mol. The molecule has 0 unspecified atom stereocenters. The summed E-state index contributed by atoms with van der Waals surface area (Å²) < 4.78 is 5.18. The smallest absolute Gasteiger partial charge is 0.416 e. The van der Waals surface area contributed by atoms with E-state index in [9.17, 15) is 19.5 Å². The molecule has 7 nitrogen and oxygen atoms in total. The molecule has 2 saturated heterocycles. The second-order valence-corrected chi connectivity index (χ2v) is 7.44. The minimum Gasteiger partial charge on any atom is -0.465 e. The first-order chi connectivity index (χ1) is 14.0. The van der Waals surface area contributed by atoms with Gasteiger partial charge in [-0.05, 0) is 17.5 Å². The molecule has 150 valence electrons. The molecule has 3 atom stereocenters. The highest BCUT2D eigenvalue weighted by Crippen LogP contribution is 2.35. The number of benzene rings is 2. The third kappa shape index (κ3) is 3.81. The molecule has 29 heavy (non-hydrogen) atoms. The quantitative estimate of drug-likeness (QED) is 0.862. The average molecular weight is 394 g/mol. The van der Waals surface area contributed by atoms with Crippen LogP contribution in [0.3, 0.4) is 0 Å². The van der Waals surface area contributed by atoms with E-state index in [0.29, 0.717) is 6.42 Å². The molecule has 4 rings (SSSR count). The summed E-state index contributed by atoms with van der Waals surface area (Å²) >= 11 is 0. The lowest BCUT2D eigenvalue weighted by atomic mass is 9.87. The van der Waals surface area contributed by atoms with Gasteiger partial charge in [0.1, 0.15) is 6.61 Å². The molecule has 2 aromatic carbocycles. The zero-order chi connectivity index (χ0) is 20.4. The van der Waals surface area contributed by atoms with E-state index in [0.717, 1.165) is 11.1 Å². The monoisotopic (exact) mass is 394 g/mol. The zero-order valence-electron chi connectivity index (χ0n) is 15.8. The van der Waals surface area contributed by atoms with Crippen molar-refractivity contribution in [3.63, 3.8) is 0 Å². The Labute approximate surface area is 168 Å². The molecular weight excluding hydrogens is 372 g/mol. The van der Waals surface area contributed by atoms with Gasteiger partial charge in [-0.2, -0.15) is 0 Å². The summed E-state index contributed by atoms with van der Waals surface area (Å²) in [6.45, 7) is 0.433. The van der Waals surface area contributed by atoms with Gasteiger partial charge in [0.2, 0.25) is 5.91 Å². The Hall–Kier alpha value is -3.35. The van der Waals surface area contributed by atoms with Crippen molar-refractivity contribution in [2.24, 2.45) is 5.92 Å². The van der Waals surface area contributed by atoms with E-state index >= 15 is 0 Å². The standard InChI is InChI=1S/C22H22N2O5/c25-20(24-17(14-29-22(24)28)11-15-7-3-1-4-8-15)19-13-23(21(26)27)12-18(19)16-9-5-2-6-10-16/h1-10,17-19H,11-14H2,(H,26,27)/t17-,18-,19+/m1/s1. The Bertz CT molecular complexity index is 902. The molecule has 7 heteroatoms. The number of cyclic esters (lactones) is 1. The van der Waals surface area contributed by atoms with Crippen LogP contribution in [0.4, 0.5) is 9.59 Å². The summed E-state index contributed by atoms with van der Waals surface area (Å²) in [4.78, 5) is 39.8. The van der Waals surface area contributed by atoms with E-state index in [1.807, 2.05) is 60.7 Å². The third-order valence-electron chi connectivity index (χ3n) is 5.65. The Morgan fingerprint density at radius 3 is 2.31 bits per heavy atom. The Morgan fingerprint density at radius 1 is 1.00 bits per heavy atom. The van der Waals surface area contributed by atoms with Crippen LogP contribution in [0, 0.1) is 5.92 Å². The van der Waals surface area contributed by atoms with Crippen molar-refractivity contribution in [3.8, 4) is 0 Å². The summed E-state index contributed by atoms with van der Waals surface area (Å²) in [5.41, 5.74) is 1.90. The molecule has 0 saturated carbocycles. The van der Waals surface area contributed by atoms with E-state index in [1.165, 1.54) is 9.80 Å². The fourth-order valence-corrected chi connectivity index (χ4v) is 4.19. The Morgan fingerprint density at radius 2 is 1.66 bits per heavy atom. The van der Waals surface area contributed by atoms with Crippen LogP contribution in [0.15, 0.2) is 60.7 Å². The van der Waals surface area contributed by atoms with Gasteiger partial charge in [0.15, 0.2) is 0 Å². The lowest BCUT2D eigenvalue weighted by Gasteiger charge is -2.25. The highest BCUT2D eigenvalue weighted by molar-refractivity contribution is 5.96. The zero-order valence-corrected chi connectivity index (χ0v) is 15.8. The molecule has 0 aliphatic carbocycles. The summed E-state index contributed by atoms with van der Waals surface area (Å²) in [5.74, 6) is -1.30. The predicted octanol–water partition coefficient (Wildman–Crippen LogP) is 2.97. The number of carboxylic acid groups (broad SMARTS) is 1. The molecule has 0 radical (unpaired) electrons. The number of rotatable bonds is 4. The summed E-state index contributed by atoms with van der Waals surface area (Å²) in [6, 6.07) is 18.6. The molecule has 2 aromatic rings. The van der Waals surface area contributed by atoms with Crippen molar-refractivity contribution in [1.82, 2.24) is 9.80 Å². The topological polar surface area (TPSA) is 87.2 Å². The number of ether oxygens (including phenoxy) is 1. The van der Waals surface area contributed by atoms with E-state index in [2.05, 4.69) is 0 Å². The van der Waals surface area contributed by atoms with Crippen LogP contribution in [-0.4, -0.2) is 58.7 Å². The number of carbonyl (C=O) groups excluding carboxylic acids is 2. The number of hydrogen-bond donors (Lipinski definition) is 1. The highest BCUT2D eigenvalue weighted by Gasteiger charge is 2.47. The van der Waals surface area contributed by atoms with Gasteiger partial charge < -0.3 is 14.7 Å². The van der Waals surface area contributed by atoms with Crippen molar-refractivity contribution >= 4 is 18.1 Å². The molecule has 2 heterocycles. The first-order valence-electron chi connectivity index (χ1n) is 9.61. The Kier molecular flexibility index (Phi) is 5.20. The third-order valence-corrected chi connectivity index (χ3v) is 5.65. The summed E-state index contributed by atoms with van der Waals surface area (Å²) in [7, 11) is 0. The lowest BCUT2D eigenvalue weighted by Crippen LogP contribution is -2.45. The lowest BCUT2D eigenvalue weighted by molar-refractivity contribution is -0.133. The van der Waals surface area contributed by atoms with Gasteiger partial charge in [-0.25, -0.2) is 14.5 Å². The molecule has 1 N–H and O–H groups in total. The van der Waals surface area contributed by atoms with Gasteiger partial charge in [-0.3, -0.25) is 4.79 Å². The van der Waals surface area contributed by atoms with Crippen LogP contribution < -0.4 is 0 Å². The number of amides is 3. The number of carbonyl (C=O) groups is 3. The van der Waals surface area contributed by atoms with Crippen LogP contribution in [-0.2, 0) is 16.0 Å². The number of nitrogens with zero attached hydrogens (tertiary/aromatic N) is 2. The van der Waals surface area contributed by atoms with Crippen LogP contribution in [0.1, 0.15) is 17.0 Å². The van der Waals surface area contributed by atoms with Gasteiger partial charge in [-0.1, -0.05) is 60.7 Å². The SMILES string of the molecule is O=C(O)N1C[C@H](C(=O)N2C(=O)OC[C@H]2Cc2ccccc2)[C@@H](c2ccccc2)C1. The van der Waals surface area contributed by atoms with Gasteiger partial charge >= 0.3 is 12.2 Å². The molecule has 0 bridgehead atoms. The number of imide groups is 1. The van der Waals surface area contributed by atoms with E-state index < -0.39 is 24.1 Å². The molecular formula is C22H22N2O5. The van der Waals surface area contributed by atoms with Crippen molar-refractivity contribution in [2.45, 2.75) is 18.4 Å². The molecule has 2 aliphatic heterocycles. The van der Waals surface area contributed by atoms with Crippen molar-refractivity contribution in [2.75, 3.05) is 19.7 Å². The Balaban J connectivity index is 1.59. The molecule has 2 aliphatic rings. The van der Waals surface area contributed by atoms with Crippen LogP contribution >= 0.6 is 0 Å². The van der Waals surface area contributed by atoms with Crippen molar-refractivity contribution in [3.05, 3.63) is 71.8 Å². The second kappa shape index (κ2) is 7.95. The van der Waals surface area contributed by atoms with Crippen molar-refractivity contribution in [1.29, 1.82) is 0 Å². The van der Waals surface area contributed by atoms with Gasteiger partial charge in [0.05, 0.1) is 12.0 Å². The van der Waals surface area contributed by atoms with E-state index in [-0.39, 0.29) is 31.5 Å². The number of likely N-dealkylation sites (tertiary alicyclic amines) is 1. The van der Waals surface area contributed by atoms with Gasteiger partial charge in [0, 0.05) is 19.0 Å². The molecule has 0 spiro atoms. The fraction of sp³-hybridized carbons (Fsp3) is 0.318. The minimum atomic E-state index is -1.06. The van der Waals surface area contributed by atoms with Gasteiger partial charge in [0.25, 0.3) is 0 Å². The normalized spacial score (nSPS) is 23.9. The van der Waals surface area contributed by atoms with Crippen LogP contribution in [0.5, 0.6) is 0 Å². The summed E-state index contributed by atoms with van der Waals surface area (Å²) in [6.07, 6.45) is -1.22. The maximum absolute atomic E-state index is 13.4. The largest absolute Gasteiger partial charge is 0.465 e. The summed E-state index contributed by atoms with van der Waals surface area (Å²) in [5, 5.41) is 9.45. The fourth-order valence-electron chi connectivity index (χ4n) is 4.19. The number of hydrogen-bond acceptors (Lipinski definition) is 4. The van der Waals surface area contributed by atoms with Crippen LogP contribution in [0.25, 0.3) is 0 Å². The second-order valence-electron chi connectivity index (χ2n) is 7.44. The molecule has 0 aromatic heterocycles. The maximum Gasteiger partial charge on any atom is 0.416 e. The van der Waals surface area contributed by atoms with E-state index in [4.69, 9.17) is 4.74 Å².